The molecule has 1 aromatic heterocycles. The lowest BCUT2D eigenvalue weighted by Gasteiger charge is -2.26. The van der Waals surface area contributed by atoms with Crippen LogP contribution in [0.5, 0.6) is 5.75 Å². The van der Waals surface area contributed by atoms with E-state index >= 15 is 0 Å². The van der Waals surface area contributed by atoms with Crippen LogP contribution in [-0.4, -0.2) is 49.0 Å². The summed E-state index contributed by atoms with van der Waals surface area (Å²) in [6.07, 6.45) is 0.0691. The Morgan fingerprint density at radius 3 is 2.43 bits per heavy atom. The number of nitrogens with zero attached hydrogens (tertiary/aromatic N) is 2. The second kappa shape index (κ2) is 7.95. The van der Waals surface area contributed by atoms with Crippen LogP contribution in [0.2, 0.25) is 0 Å². The number of amides is 1. The van der Waals surface area contributed by atoms with E-state index in [1.807, 2.05) is 57.1 Å². The molecule has 1 atom stereocenters. The van der Waals surface area contributed by atoms with Crippen molar-refractivity contribution in [3.63, 3.8) is 0 Å². The van der Waals surface area contributed by atoms with Crippen molar-refractivity contribution < 1.29 is 13.9 Å². The average Bonchev–Trinajstić information content (AvgIpc) is 2.99. The van der Waals surface area contributed by atoms with Crippen molar-refractivity contribution in [1.82, 2.24) is 9.80 Å². The molecule has 1 aliphatic heterocycles. The first-order chi connectivity index (χ1) is 14.4. The molecular weight excluding hydrogens is 380 g/mol. The summed E-state index contributed by atoms with van der Waals surface area (Å²) < 4.78 is 11.7. The zero-order valence-electron chi connectivity index (χ0n) is 17.7. The third-order valence-corrected chi connectivity index (χ3v) is 5.23. The molecule has 0 aliphatic carbocycles. The van der Waals surface area contributed by atoms with Crippen LogP contribution in [0, 0.1) is 0 Å². The lowest BCUT2D eigenvalue weighted by Crippen LogP contribution is -2.35. The summed E-state index contributed by atoms with van der Waals surface area (Å²) in [6, 6.07) is 14.2. The van der Waals surface area contributed by atoms with Gasteiger partial charge in [-0.15, -0.1) is 0 Å². The second-order valence-corrected chi connectivity index (χ2v) is 8.11. The molecule has 0 saturated carbocycles. The summed E-state index contributed by atoms with van der Waals surface area (Å²) in [5.41, 5.74) is 1.55. The van der Waals surface area contributed by atoms with Crippen molar-refractivity contribution in [2.24, 2.45) is 0 Å². The van der Waals surface area contributed by atoms with Crippen LogP contribution in [0.25, 0.3) is 11.0 Å². The van der Waals surface area contributed by atoms with Gasteiger partial charge in [-0.05, 0) is 57.8 Å². The van der Waals surface area contributed by atoms with Crippen LogP contribution in [0.3, 0.4) is 0 Å². The van der Waals surface area contributed by atoms with Gasteiger partial charge in [-0.3, -0.25) is 9.59 Å². The molecule has 6 heteroatoms. The number of carbonyl (C=O) groups excluding carboxylic acids is 1. The Morgan fingerprint density at radius 1 is 1.07 bits per heavy atom. The number of para-hydroxylation sites is 1. The van der Waals surface area contributed by atoms with Gasteiger partial charge in [0.15, 0.2) is 5.43 Å². The molecule has 6 nitrogen and oxygen atoms in total. The van der Waals surface area contributed by atoms with Crippen LogP contribution in [-0.2, 0) is 0 Å². The molecule has 2 aromatic carbocycles. The van der Waals surface area contributed by atoms with Gasteiger partial charge in [0.1, 0.15) is 11.3 Å². The molecule has 156 valence electrons. The third-order valence-electron chi connectivity index (χ3n) is 5.23. The van der Waals surface area contributed by atoms with E-state index in [1.54, 1.807) is 29.2 Å². The minimum absolute atomic E-state index is 0.0691. The van der Waals surface area contributed by atoms with Gasteiger partial charge in [-0.1, -0.05) is 24.3 Å². The predicted molar refractivity (Wildman–Crippen MR) is 116 cm³/mol. The number of rotatable bonds is 6. The number of hydrogen-bond acceptors (Lipinski definition) is 5. The van der Waals surface area contributed by atoms with E-state index < -0.39 is 6.04 Å². The number of ether oxygens (including phenoxy) is 1. The Morgan fingerprint density at radius 2 is 1.77 bits per heavy atom. The molecule has 0 radical (unpaired) electrons. The maximum absolute atomic E-state index is 13.4. The van der Waals surface area contributed by atoms with Crippen molar-refractivity contribution in [1.29, 1.82) is 0 Å². The molecule has 2 heterocycles. The summed E-state index contributed by atoms with van der Waals surface area (Å²) in [5, 5.41) is 0.489. The first kappa shape index (κ1) is 20.2. The number of benzene rings is 2. The summed E-state index contributed by atoms with van der Waals surface area (Å²) >= 11 is 0. The van der Waals surface area contributed by atoms with E-state index in [2.05, 4.69) is 0 Å². The van der Waals surface area contributed by atoms with Gasteiger partial charge < -0.3 is 19.0 Å². The molecule has 0 N–H and O–H groups in total. The first-order valence-electron chi connectivity index (χ1n) is 10.1. The fourth-order valence-corrected chi connectivity index (χ4v) is 3.85. The monoisotopic (exact) mass is 406 g/mol. The second-order valence-electron chi connectivity index (χ2n) is 8.11. The lowest BCUT2D eigenvalue weighted by atomic mass is 9.98. The molecule has 1 aliphatic rings. The van der Waals surface area contributed by atoms with Gasteiger partial charge in [0.05, 0.1) is 23.1 Å². The largest absolute Gasteiger partial charge is 0.491 e. The fraction of sp³-hybridized carbons (Fsp3) is 0.333. The van der Waals surface area contributed by atoms with Gasteiger partial charge in [0.25, 0.3) is 5.91 Å². The summed E-state index contributed by atoms with van der Waals surface area (Å²) in [4.78, 5) is 30.4. The predicted octanol–water partition coefficient (Wildman–Crippen LogP) is 3.69. The van der Waals surface area contributed by atoms with E-state index in [9.17, 15) is 9.59 Å². The number of fused-ring (bicyclic) bond motifs is 2. The number of carbonyl (C=O) groups is 1. The van der Waals surface area contributed by atoms with Crippen LogP contribution in [0.15, 0.2) is 57.7 Å². The quantitative estimate of drug-likeness (QED) is 0.625. The normalized spacial score (nSPS) is 16.0. The van der Waals surface area contributed by atoms with Crippen molar-refractivity contribution in [3.05, 3.63) is 75.6 Å². The van der Waals surface area contributed by atoms with Crippen molar-refractivity contribution in [2.45, 2.75) is 26.0 Å². The summed E-state index contributed by atoms with van der Waals surface area (Å²) in [7, 11) is 3.91. The first-order valence-corrected chi connectivity index (χ1v) is 10.1. The minimum Gasteiger partial charge on any atom is -0.491 e. The molecule has 3 aromatic rings. The maximum atomic E-state index is 13.4. The number of likely N-dealkylation sites (N-methyl/N-ethyl adjacent to an activating group) is 1. The minimum atomic E-state index is -0.485. The lowest BCUT2D eigenvalue weighted by molar-refractivity contribution is 0.0716. The van der Waals surface area contributed by atoms with Crippen LogP contribution in [0.4, 0.5) is 0 Å². The Bertz CT molecular complexity index is 1130. The maximum Gasteiger partial charge on any atom is 0.290 e. The third kappa shape index (κ3) is 3.59. The van der Waals surface area contributed by atoms with Crippen molar-refractivity contribution in [3.8, 4) is 5.75 Å². The van der Waals surface area contributed by atoms with E-state index in [-0.39, 0.29) is 23.2 Å². The zero-order valence-corrected chi connectivity index (χ0v) is 17.7. The molecule has 4 rings (SSSR count). The molecule has 30 heavy (non-hydrogen) atoms. The fourth-order valence-electron chi connectivity index (χ4n) is 3.85. The van der Waals surface area contributed by atoms with Gasteiger partial charge in [-0.2, -0.15) is 0 Å². The molecule has 0 saturated heterocycles. The van der Waals surface area contributed by atoms with Crippen molar-refractivity contribution in [2.75, 3.05) is 27.2 Å². The highest BCUT2D eigenvalue weighted by atomic mass is 16.5. The highest BCUT2D eigenvalue weighted by Crippen LogP contribution is 2.38. The van der Waals surface area contributed by atoms with Crippen LogP contribution >= 0.6 is 0 Å². The topological polar surface area (TPSA) is 63.0 Å². The highest BCUT2D eigenvalue weighted by molar-refractivity contribution is 5.99. The Labute approximate surface area is 175 Å². The highest BCUT2D eigenvalue weighted by Gasteiger charge is 2.42. The Balaban J connectivity index is 1.84. The Hall–Kier alpha value is -3.12. The average molecular weight is 406 g/mol. The molecule has 0 fully saturated rings. The summed E-state index contributed by atoms with van der Waals surface area (Å²) in [6.45, 7) is 5.11. The SMILES string of the molecule is CC(C)Oc1ccc(C2c3c(oc4ccccc4c3=O)C(=O)N2CCN(C)C)cc1. The van der Waals surface area contributed by atoms with Crippen molar-refractivity contribution >= 4 is 16.9 Å². The molecule has 0 spiro atoms. The van der Waals surface area contributed by atoms with Crippen LogP contribution in [0.1, 0.15) is 41.6 Å². The molecular formula is C24H26N2O4. The van der Waals surface area contributed by atoms with E-state index in [1.165, 1.54) is 0 Å². The molecule has 1 amide bonds. The molecule has 1 unspecified atom stereocenters. The van der Waals surface area contributed by atoms with E-state index in [4.69, 9.17) is 9.15 Å². The van der Waals surface area contributed by atoms with Crippen LogP contribution < -0.4 is 10.2 Å². The van der Waals surface area contributed by atoms with Gasteiger partial charge in [0.2, 0.25) is 5.76 Å². The van der Waals surface area contributed by atoms with Gasteiger partial charge in [-0.25, -0.2) is 0 Å². The number of hydrogen-bond donors (Lipinski definition) is 0. The van der Waals surface area contributed by atoms with Gasteiger partial charge in [0, 0.05) is 13.1 Å². The zero-order chi connectivity index (χ0) is 21.4. The smallest absolute Gasteiger partial charge is 0.290 e. The Kier molecular flexibility index (Phi) is 5.35. The molecule has 0 bridgehead atoms. The van der Waals surface area contributed by atoms with E-state index in [0.717, 1.165) is 11.3 Å². The standard InChI is InChI=1S/C24H26N2O4/c1-15(2)29-17-11-9-16(10-12-17)21-20-22(27)18-7-5-6-8-19(18)30-23(20)24(28)26(21)14-13-25(3)4/h5-12,15,21H,13-14H2,1-4H3. The summed E-state index contributed by atoms with van der Waals surface area (Å²) in [5.74, 6) is 0.649. The van der Waals surface area contributed by atoms with E-state index in [0.29, 0.717) is 29.6 Å². The van der Waals surface area contributed by atoms with Gasteiger partial charge >= 0.3 is 0 Å².